The molecule has 0 spiro atoms. The first-order valence-corrected chi connectivity index (χ1v) is 6.58. The van der Waals surface area contributed by atoms with Crippen LogP contribution in [-0.2, 0) is 0 Å². The number of benzene rings is 1. The maximum atomic E-state index is 5.94. The van der Waals surface area contributed by atoms with Gasteiger partial charge in [0, 0.05) is 10.6 Å². The van der Waals surface area contributed by atoms with Gasteiger partial charge in [-0.15, -0.1) is 10.2 Å². The highest BCUT2D eigenvalue weighted by atomic mass is 35.5. The van der Waals surface area contributed by atoms with Gasteiger partial charge < -0.3 is 5.32 Å². The van der Waals surface area contributed by atoms with Gasteiger partial charge in [-0.2, -0.15) is 0 Å². The van der Waals surface area contributed by atoms with Gasteiger partial charge in [0.15, 0.2) is 0 Å². The first kappa shape index (κ1) is 12.5. The molecule has 0 saturated carbocycles. The molecule has 1 aromatic carbocycles. The summed E-state index contributed by atoms with van der Waals surface area (Å²) in [6.07, 6.45) is 0. The lowest BCUT2D eigenvalue weighted by Crippen LogP contribution is -2.11. The third kappa shape index (κ3) is 2.65. The van der Waals surface area contributed by atoms with Gasteiger partial charge in [-0.25, -0.2) is 0 Å². The second-order valence-electron chi connectivity index (χ2n) is 3.92. The zero-order valence-corrected chi connectivity index (χ0v) is 11.6. The first-order valence-electron chi connectivity index (χ1n) is 5.39. The molecular weight excluding hydrogens is 254 g/mol. The number of hydrogen-bond acceptors (Lipinski definition) is 4. The Hall–Kier alpha value is -0.970. The van der Waals surface area contributed by atoms with Crippen molar-refractivity contribution in [1.82, 2.24) is 15.5 Å². The molecule has 0 aliphatic rings. The second-order valence-corrected chi connectivity index (χ2v) is 5.36. The van der Waals surface area contributed by atoms with Crippen molar-refractivity contribution in [3.8, 4) is 10.6 Å². The van der Waals surface area contributed by atoms with Gasteiger partial charge >= 0.3 is 0 Å². The number of hydrogen-bond donors (Lipinski definition) is 1. The zero-order valence-electron chi connectivity index (χ0n) is 9.99. The number of nitrogens with one attached hydrogen (secondary N) is 1. The minimum absolute atomic E-state index is 0.230. The van der Waals surface area contributed by atoms with Crippen LogP contribution in [0.3, 0.4) is 0 Å². The van der Waals surface area contributed by atoms with Crippen LogP contribution in [0, 0.1) is 6.92 Å². The zero-order chi connectivity index (χ0) is 12.4. The van der Waals surface area contributed by atoms with E-state index < -0.39 is 0 Å². The summed E-state index contributed by atoms with van der Waals surface area (Å²) in [5, 5.41) is 14.3. The molecule has 1 heterocycles. The van der Waals surface area contributed by atoms with Crippen LogP contribution in [0.5, 0.6) is 0 Å². The Bertz CT molecular complexity index is 524. The average molecular weight is 268 g/mol. The van der Waals surface area contributed by atoms with Crippen molar-refractivity contribution in [2.75, 3.05) is 7.05 Å². The van der Waals surface area contributed by atoms with E-state index >= 15 is 0 Å². The number of halogens is 1. The van der Waals surface area contributed by atoms with E-state index in [1.165, 1.54) is 0 Å². The molecule has 0 amide bonds. The Kier molecular flexibility index (Phi) is 3.76. The summed E-state index contributed by atoms with van der Waals surface area (Å²) in [7, 11) is 1.92. The normalized spacial score (nSPS) is 12.7. The van der Waals surface area contributed by atoms with E-state index in [0.717, 1.165) is 26.2 Å². The Labute approximate surface area is 110 Å². The fraction of sp³-hybridized carbons (Fsp3) is 0.333. The first-order chi connectivity index (χ1) is 8.11. The molecule has 0 saturated heterocycles. The number of aryl methyl sites for hydroxylation is 1. The fourth-order valence-electron chi connectivity index (χ4n) is 1.51. The standard InChI is InChI=1S/C12H14ClN3S/c1-7-6-9(13)4-5-10(7)12-16-15-11(17-12)8(2)14-3/h4-6,8,14H,1-3H3. The molecule has 1 atom stereocenters. The highest BCUT2D eigenvalue weighted by molar-refractivity contribution is 7.14. The number of aromatic nitrogens is 2. The molecule has 1 unspecified atom stereocenters. The summed E-state index contributed by atoms with van der Waals surface area (Å²) < 4.78 is 0. The molecule has 1 N–H and O–H groups in total. The summed E-state index contributed by atoms with van der Waals surface area (Å²) in [5.41, 5.74) is 2.22. The SMILES string of the molecule is CNC(C)c1nnc(-c2ccc(Cl)cc2C)s1. The van der Waals surface area contributed by atoms with E-state index in [4.69, 9.17) is 11.6 Å². The molecule has 2 rings (SSSR count). The molecule has 0 radical (unpaired) electrons. The van der Waals surface area contributed by atoms with Gasteiger partial charge in [0.1, 0.15) is 10.0 Å². The van der Waals surface area contributed by atoms with Crippen molar-refractivity contribution in [2.24, 2.45) is 0 Å². The lowest BCUT2D eigenvalue weighted by atomic mass is 10.1. The van der Waals surface area contributed by atoms with E-state index in [2.05, 4.69) is 22.4 Å². The molecule has 2 aromatic rings. The lowest BCUT2D eigenvalue weighted by Gasteiger charge is -2.03. The predicted molar refractivity (Wildman–Crippen MR) is 72.6 cm³/mol. The van der Waals surface area contributed by atoms with Gasteiger partial charge in [-0.3, -0.25) is 0 Å². The van der Waals surface area contributed by atoms with Crippen molar-refractivity contribution in [1.29, 1.82) is 0 Å². The van der Waals surface area contributed by atoms with Crippen LogP contribution < -0.4 is 5.32 Å². The van der Waals surface area contributed by atoms with E-state index in [9.17, 15) is 0 Å². The molecule has 90 valence electrons. The molecule has 0 fully saturated rings. The summed E-state index contributed by atoms with van der Waals surface area (Å²) in [4.78, 5) is 0. The van der Waals surface area contributed by atoms with Gasteiger partial charge in [-0.1, -0.05) is 29.0 Å². The molecule has 5 heteroatoms. The van der Waals surface area contributed by atoms with Crippen LogP contribution in [0.4, 0.5) is 0 Å². The molecule has 17 heavy (non-hydrogen) atoms. The Balaban J connectivity index is 2.37. The minimum Gasteiger partial charge on any atom is -0.311 e. The third-order valence-electron chi connectivity index (χ3n) is 2.66. The van der Waals surface area contributed by atoms with Crippen molar-refractivity contribution >= 4 is 22.9 Å². The maximum absolute atomic E-state index is 5.94. The monoisotopic (exact) mass is 267 g/mol. The summed E-state index contributed by atoms with van der Waals surface area (Å²) in [6.45, 7) is 4.10. The van der Waals surface area contributed by atoms with Crippen LogP contribution in [-0.4, -0.2) is 17.2 Å². The van der Waals surface area contributed by atoms with Gasteiger partial charge in [0.2, 0.25) is 0 Å². The van der Waals surface area contributed by atoms with Crippen LogP contribution in [0.2, 0.25) is 5.02 Å². The molecule has 3 nitrogen and oxygen atoms in total. The van der Waals surface area contributed by atoms with Crippen LogP contribution in [0.1, 0.15) is 23.5 Å². The largest absolute Gasteiger partial charge is 0.311 e. The molecule has 1 aromatic heterocycles. The highest BCUT2D eigenvalue weighted by Gasteiger charge is 2.12. The number of rotatable bonds is 3. The van der Waals surface area contributed by atoms with Crippen molar-refractivity contribution in [3.05, 3.63) is 33.8 Å². The lowest BCUT2D eigenvalue weighted by molar-refractivity contribution is 0.640. The van der Waals surface area contributed by atoms with E-state index in [1.54, 1.807) is 11.3 Å². The smallest absolute Gasteiger partial charge is 0.148 e. The Morgan fingerprint density at radius 1 is 1.35 bits per heavy atom. The summed E-state index contributed by atoms with van der Waals surface area (Å²) in [5.74, 6) is 0. The minimum atomic E-state index is 0.230. The van der Waals surface area contributed by atoms with Crippen molar-refractivity contribution < 1.29 is 0 Å². The van der Waals surface area contributed by atoms with E-state index in [0.29, 0.717) is 0 Å². The van der Waals surface area contributed by atoms with Crippen LogP contribution in [0.15, 0.2) is 18.2 Å². The quantitative estimate of drug-likeness (QED) is 0.926. The molecule has 0 aliphatic carbocycles. The Morgan fingerprint density at radius 3 is 2.76 bits per heavy atom. The summed E-state index contributed by atoms with van der Waals surface area (Å²) >= 11 is 7.55. The molecule has 0 bridgehead atoms. The van der Waals surface area contributed by atoms with Crippen molar-refractivity contribution in [2.45, 2.75) is 19.9 Å². The maximum Gasteiger partial charge on any atom is 0.148 e. The van der Waals surface area contributed by atoms with Gasteiger partial charge in [0.25, 0.3) is 0 Å². The topological polar surface area (TPSA) is 37.8 Å². The fourth-order valence-corrected chi connectivity index (χ4v) is 2.73. The summed E-state index contributed by atoms with van der Waals surface area (Å²) in [6, 6.07) is 6.05. The highest BCUT2D eigenvalue weighted by Crippen LogP contribution is 2.30. The van der Waals surface area contributed by atoms with E-state index in [1.807, 2.05) is 32.2 Å². The van der Waals surface area contributed by atoms with Crippen LogP contribution in [0.25, 0.3) is 10.6 Å². The average Bonchev–Trinajstić information content (AvgIpc) is 2.77. The van der Waals surface area contributed by atoms with Gasteiger partial charge in [0.05, 0.1) is 6.04 Å². The third-order valence-corrected chi connectivity index (χ3v) is 4.04. The Morgan fingerprint density at radius 2 is 2.12 bits per heavy atom. The van der Waals surface area contributed by atoms with Crippen molar-refractivity contribution in [3.63, 3.8) is 0 Å². The van der Waals surface area contributed by atoms with Gasteiger partial charge in [-0.05, 0) is 38.6 Å². The predicted octanol–water partition coefficient (Wildman–Crippen LogP) is 3.45. The molecule has 0 aliphatic heterocycles. The molecular formula is C12H14ClN3S. The van der Waals surface area contributed by atoms with E-state index in [-0.39, 0.29) is 6.04 Å². The van der Waals surface area contributed by atoms with Crippen LogP contribution >= 0.6 is 22.9 Å². The second kappa shape index (κ2) is 5.12. The number of nitrogens with zero attached hydrogens (tertiary/aromatic N) is 2.